The minimum absolute atomic E-state index is 0.0406. The van der Waals surface area contributed by atoms with Crippen LogP contribution in [0.2, 0.25) is 0 Å². The van der Waals surface area contributed by atoms with E-state index >= 15 is 0 Å². The molecule has 0 aliphatic carbocycles. The molecule has 3 rings (SSSR count). The van der Waals surface area contributed by atoms with Gasteiger partial charge in [-0.3, -0.25) is 4.79 Å². The third-order valence-electron chi connectivity index (χ3n) is 3.20. The summed E-state index contributed by atoms with van der Waals surface area (Å²) in [6.45, 7) is 0.877. The quantitative estimate of drug-likeness (QED) is 0.883. The number of hydrogen-bond donors (Lipinski definition) is 2. The van der Waals surface area contributed by atoms with Crippen molar-refractivity contribution in [2.75, 3.05) is 17.2 Å². The Labute approximate surface area is 114 Å². The summed E-state index contributed by atoms with van der Waals surface area (Å²) in [4.78, 5) is 12.0. The second-order valence-corrected chi connectivity index (χ2v) is 4.66. The Balaban J connectivity index is 1.82. The van der Waals surface area contributed by atoms with Crippen LogP contribution in [0.25, 0.3) is 0 Å². The van der Waals surface area contributed by atoms with E-state index < -0.39 is 17.5 Å². The van der Waals surface area contributed by atoms with Crippen molar-refractivity contribution in [3.05, 3.63) is 59.2 Å². The second-order valence-electron chi connectivity index (χ2n) is 4.66. The van der Waals surface area contributed by atoms with Gasteiger partial charge in [0.1, 0.15) is 11.6 Å². The van der Waals surface area contributed by atoms with Gasteiger partial charge in [-0.15, -0.1) is 0 Å². The van der Waals surface area contributed by atoms with Gasteiger partial charge in [-0.2, -0.15) is 0 Å². The van der Waals surface area contributed by atoms with Crippen LogP contribution in [0.15, 0.2) is 36.4 Å². The van der Waals surface area contributed by atoms with E-state index in [2.05, 4.69) is 10.6 Å². The van der Waals surface area contributed by atoms with Gasteiger partial charge < -0.3 is 10.6 Å². The molecule has 20 heavy (non-hydrogen) atoms. The van der Waals surface area contributed by atoms with Crippen molar-refractivity contribution in [2.24, 2.45) is 0 Å². The zero-order chi connectivity index (χ0) is 14.1. The molecule has 0 saturated carbocycles. The van der Waals surface area contributed by atoms with Gasteiger partial charge in [0.15, 0.2) is 0 Å². The van der Waals surface area contributed by atoms with Crippen molar-refractivity contribution in [3.8, 4) is 0 Å². The van der Waals surface area contributed by atoms with E-state index in [0.717, 1.165) is 42.4 Å². The average Bonchev–Trinajstić information content (AvgIpc) is 2.85. The molecule has 1 amide bonds. The lowest BCUT2D eigenvalue weighted by Gasteiger charge is -2.07. The van der Waals surface area contributed by atoms with Gasteiger partial charge in [0.2, 0.25) is 0 Å². The molecular formula is C15H12F2N2O. The summed E-state index contributed by atoms with van der Waals surface area (Å²) in [5.74, 6) is -2.07. The van der Waals surface area contributed by atoms with Crippen molar-refractivity contribution in [1.29, 1.82) is 0 Å². The number of hydrogen-bond acceptors (Lipinski definition) is 2. The fraction of sp³-hybridized carbons (Fsp3) is 0.133. The normalized spacial score (nSPS) is 12.7. The summed E-state index contributed by atoms with van der Waals surface area (Å²) in [5.41, 5.74) is 2.75. The highest BCUT2D eigenvalue weighted by Gasteiger charge is 2.13. The molecule has 0 bridgehead atoms. The molecule has 0 fully saturated rings. The molecule has 0 atom stereocenters. The molecule has 0 unspecified atom stereocenters. The Bertz CT molecular complexity index is 665. The number of carbonyl (C=O) groups excluding carboxylic acids is 1. The monoisotopic (exact) mass is 274 g/mol. The summed E-state index contributed by atoms with van der Waals surface area (Å²) in [6, 6.07) is 8.25. The van der Waals surface area contributed by atoms with Crippen molar-refractivity contribution >= 4 is 17.3 Å². The van der Waals surface area contributed by atoms with Gasteiger partial charge in [-0.25, -0.2) is 8.78 Å². The lowest BCUT2D eigenvalue weighted by atomic mass is 10.1. The molecule has 0 aromatic heterocycles. The highest BCUT2D eigenvalue weighted by atomic mass is 19.1. The van der Waals surface area contributed by atoms with Crippen LogP contribution in [0.3, 0.4) is 0 Å². The van der Waals surface area contributed by atoms with Gasteiger partial charge in [-0.1, -0.05) is 0 Å². The predicted molar refractivity (Wildman–Crippen MR) is 72.9 cm³/mol. The van der Waals surface area contributed by atoms with Gasteiger partial charge >= 0.3 is 0 Å². The summed E-state index contributed by atoms with van der Waals surface area (Å²) in [7, 11) is 0. The molecule has 0 saturated heterocycles. The summed E-state index contributed by atoms with van der Waals surface area (Å²) in [6.07, 6.45) is 0.896. The van der Waals surface area contributed by atoms with Crippen molar-refractivity contribution in [2.45, 2.75) is 6.42 Å². The predicted octanol–water partition coefficient (Wildman–Crippen LogP) is 3.19. The molecule has 5 heteroatoms. The molecule has 2 aromatic carbocycles. The number of halogens is 2. The largest absolute Gasteiger partial charge is 0.384 e. The van der Waals surface area contributed by atoms with Crippen LogP contribution in [0.1, 0.15) is 15.9 Å². The Morgan fingerprint density at radius 3 is 2.60 bits per heavy atom. The maximum atomic E-state index is 13.1. The van der Waals surface area contributed by atoms with Crippen LogP contribution in [0.4, 0.5) is 20.2 Å². The van der Waals surface area contributed by atoms with Gasteiger partial charge in [0.25, 0.3) is 5.91 Å². The first-order chi connectivity index (χ1) is 9.61. The fourth-order valence-electron chi connectivity index (χ4n) is 2.27. The first-order valence-electron chi connectivity index (χ1n) is 6.26. The Hall–Kier alpha value is -2.43. The standard InChI is InChI=1S/C15H12F2N2O/c16-11-5-10(6-12(17)8-11)15(20)19-13-1-2-14-9(7-13)3-4-18-14/h1-2,5-8,18H,3-4H2,(H,19,20). The number of anilines is 2. The van der Waals surface area contributed by atoms with E-state index in [-0.39, 0.29) is 5.56 Å². The summed E-state index contributed by atoms with van der Waals surface area (Å²) in [5, 5.41) is 5.86. The maximum Gasteiger partial charge on any atom is 0.255 e. The number of rotatable bonds is 2. The van der Waals surface area contributed by atoms with Gasteiger partial charge in [-0.05, 0) is 42.3 Å². The minimum atomic E-state index is -0.770. The van der Waals surface area contributed by atoms with Crippen molar-refractivity contribution in [3.63, 3.8) is 0 Å². The first-order valence-corrected chi connectivity index (χ1v) is 6.26. The number of amides is 1. The van der Waals surface area contributed by atoms with Crippen molar-refractivity contribution < 1.29 is 13.6 Å². The maximum absolute atomic E-state index is 13.1. The molecule has 1 heterocycles. The Morgan fingerprint density at radius 1 is 1.10 bits per heavy atom. The molecule has 2 N–H and O–H groups in total. The van der Waals surface area contributed by atoms with Gasteiger partial charge in [0.05, 0.1) is 0 Å². The first kappa shape index (κ1) is 12.6. The third kappa shape index (κ3) is 2.47. The van der Waals surface area contributed by atoms with Gasteiger partial charge in [0, 0.05) is 29.5 Å². The highest BCUT2D eigenvalue weighted by molar-refractivity contribution is 6.04. The molecule has 2 aromatic rings. The Kier molecular flexibility index (Phi) is 3.10. The van der Waals surface area contributed by atoms with Crippen LogP contribution < -0.4 is 10.6 Å². The van der Waals surface area contributed by atoms with E-state index in [1.165, 1.54) is 0 Å². The van der Waals surface area contributed by atoms with E-state index in [0.29, 0.717) is 5.69 Å². The van der Waals surface area contributed by atoms with Crippen LogP contribution in [0, 0.1) is 11.6 Å². The molecular weight excluding hydrogens is 262 g/mol. The minimum Gasteiger partial charge on any atom is -0.384 e. The van der Waals surface area contributed by atoms with E-state index in [1.54, 1.807) is 6.07 Å². The smallest absolute Gasteiger partial charge is 0.255 e. The van der Waals surface area contributed by atoms with E-state index in [4.69, 9.17) is 0 Å². The molecule has 102 valence electrons. The molecule has 0 radical (unpaired) electrons. The SMILES string of the molecule is O=C(Nc1ccc2c(c1)CCN2)c1cc(F)cc(F)c1. The lowest BCUT2D eigenvalue weighted by Crippen LogP contribution is -2.12. The topological polar surface area (TPSA) is 41.1 Å². The zero-order valence-electron chi connectivity index (χ0n) is 10.5. The van der Waals surface area contributed by atoms with E-state index in [9.17, 15) is 13.6 Å². The van der Waals surface area contributed by atoms with E-state index in [1.807, 2.05) is 12.1 Å². The molecule has 3 nitrogen and oxygen atoms in total. The third-order valence-corrected chi connectivity index (χ3v) is 3.20. The van der Waals surface area contributed by atoms with Crippen LogP contribution in [0.5, 0.6) is 0 Å². The second kappa shape index (κ2) is 4.92. The zero-order valence-corrected chi connectivity index (χ0v) is 10.5. The Morgan fingerprint density at radius 2 is 1.85 bits per heavy atom. The van der Waals surface area contributed by atoms with Crippen LogP contribution >= 0.6 is 0 Å². The summed E-state index contributed by atoms with van der Waals surface area (Å²) < 4.78 is 26.2. The lowest BCUT2D eigenvalue weighted by molar-refractivity contribution is 0.102. The van der Waals surface area contributed by atoms with Crippen molar-refractivity contribution in [1.82, 2.24) is 0 Å². The average molecular weight is 274 g/mol. The molecule has 0 spiro atoms. The number of nitrogens with one attached hydrogen (secondary N) is 2. The van der Waals surface area contributed by atoms with Crippen LogP contribution in [-0.2, 0) is 6.42 Å². The number of carbonyl (C=O) groups is 1. The number of fused-ring (bicyclic) bond motifs is 1. The molecule has 1 aliphatic rings. The number of benzene rings is 2. The fourth-order valence-corrected chi connectivity index (χ4v) is 2.27. The summed E-state index contributed by atoms with van der Waals surface area (Å²) >= 11 is 0. The van der Waals surface area contributed by atoms with Crippen LogP contribution in [-0.4, -0.2) is 12.5 Å². The molecule has 1 aliphatic heterocycles. The highest BCUT2D eigenvalue weighted by Crippen LogP contribution is 2.25.